The SMILES string of the molecule is O=C(Nc1ccc(-n2nc(C(F)(F)F)cc2C(F)(F)F)cc1)c1ccc(Cl)nc1. The summed E-state index contributed by atoms with van der Waals surface area (Å²) in [5.41, 5.74) is -3.13. The van der Waals surface area contributed by atoms with Crippen molar-refractivity contribution in [3.05, 3.63) is 70.8 Å². The molecule has 2 aromatic heterocycles. The first-order valence-electron chi connectivity index (χ1n) is 7.73. The molecule has 3 aromatic rings. The quantitative estimate of drug-likeness (QED) is 0.455. The topological polar surface area (TPSA) is 59.8 Å². The van der Waals surface area contributed by atoms with E-state index in [1.54, 1.807) is 0 Å². The fourth-order valence-corrected chi connectivity index (χ4v) is 2.43. The van der Waals surface area contributed by atoms with Gasteiger partial charge in [0.05, 0.1) is 11.3 Å². The Kier molecular flexibility index (Phi) is 5.26. The molecule has 1 aromatic carbocycles. The Morgan fingerprint density at radius 1 is 0.966 bits per heavy atom. The van der Waals surface area contributed by atoms with Crippen molar-refractivity contribution in [2.24, 2.45) is 0 Å². The Balaban J connectivity index is 1.87. The van der Waals surface area contributed by atoms with Crippen molar-refractivity contribution in [2.45, 2.75) is 12.4 Å². The average molecular weight is 435 g/mol. The number of carbonyl (C=O) groups excluding carboxylic acids is 1. The molecule has 0 saturated heterocycles. The number of anilines is 1. The third kappa shape index (κ3) is 4.67. The minimum Gasteiger partial charge on any atom is -0.322 e. The van der Waals surface area contributed by atoms with Crippen molar-refractivity contribution in [3.63, 3.8) is 0 Å². The third-order valence-corrected chi connectivity index (χ3v) is 3.87. The van der Waals surface area contributed by atoms with Crippen LogP contribution in [0.5, 0.6) is 0 Å². The van der Waals surface area contributed by atoms with Crippen molar-refractivity contribution in [2.75, 3.05) is 5.32 Å². The van der Waals surface area contributed by atoms with E-state index in [9.17, 15) is 31.1 Å². The summed E-state index contributed by atoms with van der Waals surface area (Å²) in [7, 11) is 0. The van der Waals surface area contributed by atoms with Crippen LogP contribution in [0.4, 0.5) is 32.0 Å². The number of carbonyl (C=O) groups is 1. The van der Waals surface area contributed by atoms with E-state index in [0.29, 0.717) is 0 Å². The maximum Gasteiger partial charge on any atom is 0.435 e. The lowest BCUT2D eigenvalue weighted by molar-refractivity contribution is -0.143. The van der Waals surface area contributed by atoms with Gasteiger partial charge in [-0.15, -0.1) is 0 Å². The second kappa shape index (κ2) is 7.39. The summed E-state index contributed by atoms with van der Waals surface area (Å²) in [6, 6.07) is 7.39. The monoisotopic (exact) mass is 434 g/mol. The van der Waals surface area contributed by atoms with E-state index in [-0.39, 0.29) is 32.8 Å². The number of aromatic nitrogens is 3. The molecule has 0 atom stereocenters. The number of alkyl halides is 6. The Hall–Kier alpha value is -3.08. The molecule has 0 spiro atoms. The first-order valence-corrected chi connectivity index (χ1v) is 8.11. The number of hydrogen-bond donors (Lipinski definition) is 1. The van der Waals surface area contributed by atoms with Crippen LogP contribution in [0.15, 0.2) is 48.7 Å². The summed E-state index contributed by atoms with van der Waals surface area (Å²) in [6.45, 7) is 0. The molecule has 0 bridgehead atoms. The van der Waals surface area contributed by atoms with E-state index < -0.39 is 29.6 Å². The number of amides is 1. The molecular weight excluding hydrogens is 426 g/mol. The highest BCUT2D eigenvalue weighted by Gasteiger charge is 2.42. The van der Waals surface area contributed by atoms with Crippen LogP contribution in [0.3, 0.4) is 0 Å². The van der Waals surface area contributed by atoms with Crippen LogP contribution in [0.1, 0.15) is 21.7 Å². The van der Waals surface area contributed by atoms with Crippen LogP contribution in [0.2, 0.25) is 5.15 Å². The lowest BCUT2D eigenvalue weighted by atomic mass is 10.2. The van der Waals surface area contributed by atoms with Gasteiger partial charge in [-0.05, 0) is 36.4 Å². The lowest BCUT2D eigenvalue weighted by Gasteiger charge is -2.11. The van der Waals surface area contributed by atoms with Gasteiger partial charge in [-0.2, -0.15) is 31.4 Å². The van der Waals surface area contributed by atoms with E-state index in [1.807, 2.05) is 0 Å². The summed E-state index contributed by atoms with van der Waals surface area (Å²) in [5, 5.41) is 5.69. The van der Waals surface area contributed by atoms with Gasteiger partial charge in [0.25, 0.3) is 5.91 Å². The molecule has 1 amide bonds. The first-order chi connectivity index (χ1) is 13.4. The number of benzene rings is 1. The van der Waals surface area contributed by atoms with E-state index in [2.05, 4.69) is 15.4 Å². The van der Waals surface area contributed by atoms with Crippen molar-refractivity contribution < 1.29 is 31.1 Å². The van der Waals surface area contributed by atoms with E-state index in [0.717, 1.165) is 12.1 Å². The summed E-state index contributed by atoms with van der Waals surface area (Å²) < 4.78 is 77.8. The minimum absolute atomic E-state index is 0.0662. The Labute approximate surface area is 163 Å². The Bertz CT molecular complexity index is 1030. The highest BCUT2D eigenvalue weighted by Crippen LogP contribution is 2.36. The third-order valence-electron chi connectivity index (χ3n) is 3.65. The number of pyridine rings is 1. The molecule has 0 aliphatic carbocycles. The number of hydrogen-bond acceptors (Lipinski definition) is 3. The van der Waals surface area contributed by atoms with Crippen molar-refractivity contribution in [1.29, 1.82) is 0 Å². The smallest absolute Gasteiger partial charge is 0.322 e. The predicted molar refractivity (Wildman–Crippen MR) is 90.8 cm³/mol. The maximum absolute atomic E-state index is 13.1. The molecule has 3 rings (SSSR count). The molecular formula is C17H9ClF6N4O. The van der Waals surface area contributed by atoms with Gasteiger partial charge in [0.1, 0.15) is 10.8 Å². The molecule has 1 N–H and O–H groups in total. The zero-order valence-electron chi connectivity index (χ0n) is 14.0. The van der Waals surface area contributed by atoms with Crippen LogP contribution < -0.4 is 5.32 Å². The molecule has 5 nitrogen and oxygen atoms in total. The highest BCUT2D eigenvalue weighted by molar-refractivity contribution is 6.29. The minimum atomic E-state index is -5.05. The van der Waals surface area contributed by atoms with Crippen molar-refractivity contribution in [3.8, 4) is 5.69 Å². The number of nitrogens with one attached hydrogen (secondary N) is 1. The molecule has 0 aliphatic heterocycles. The van der Waals surface area contributed by atoms with Crippen LogP contribution in [0.25, 0.3) is 5.69 Å². The van der Waals surface area contributed by atoms with Gasteiger partial charge in [0.2, 0.25) is 0 Å². The predicted octanol–water partition coefficient (Wildman–Crippen LogP) is 5.21. The average Bonchev–Trinajstić information content (AvgIpc) is 3.09. The van der Waals surface area contributed by atoms with Crippen LogP contribution >= 0.6 is 11.6 Å². The summed E-state index contributed by atoms with van der Waals surface area (Å²) in [5.74, 6) is -0.559. The zero-order valence-corrected chi connectivity index (χ0v) is 14.8. The van der Waals surface area contributed by atoms with Crippen LogP contribution in [0, 0.1) is 0 Å². The Morgan fingerprint density at radius 2 is 1.62 bits per heavy atom. The van der Waals surface area contributed by atoms with Crippen molar-refractivity contribution >= 4 is 23.2 Å². The van der Waals surface area contributed by atoms with E-state index in [1.165, 1.54) is 30.5 Å². The standard InChI is InChI=1S/C17H9ClF6N4O/c18-14-6-1-9(8-25-14)15(29)26-10-2-4-11(5-3-10)28-13(17(22,23)24)7-12(27-28)16(19,20)21/h1-8H,(H,26,29). The second-order valence-electron chi connectivity index (χ2n) is 5.69. The highest BCUT2D eigenvalue weighted by atomic mass is 35.5. The molecule has 2 heterocycles. The molecule has 0 radical (unpaired) electrons. The lowest BCUT2D eigenvalue weighted by Crippen LogP contribution is -2.14. The van der Waals surface area contributed by atoms with E-state index >= 15 is 0 Å². The molecule has 152 valence electrons. The number of nitrogens with zero attached hydrogens (tertiary/aromatic N) is 3. The second-order valence-corrected chi connectivity index (χ2v) is 6.08. The molecule has 0 saturated carbocycles. The molecule has 0 fully saturated rings. The largest absolute Gasteiger partial charge is 0.435 e. The molecule has 0 aliphatic rings. The van der Waals surface area contributed by atoms with E-state index in [4.69, 9.17) is 11.6 Å². The van der Waals surface area contributed by atoms with Gasteiger partial charge in [-0.3, -0.25) is 4.79 Å². The van der Waals surface area contributed by atoms with Gasteiger partial charge in [0, 0.05) is 18.0 Å². The summed E-state index contributed by atoms with van der Waals surface area (Å²) in [4.78, 5) is 15.8. The van der Waals surface area contributed by atoms with Gasteiger partial charge in [-0.25, -0.2) is 9.67 Å². The van der Waals surface area contributed by atoms with Gasteiger partial charge in [0.15, 0.2) is 5.69 Å². The number of halogens is 7. The molecule has 12 heteroatoms. The van der Waals surface area contributed by atoms with Crippen LogP contribution in [-0.2, 0) is 12.4 Å². The normalized spacial score (nSPS) is 12.1. The fourth-order valence-electron chi connectivity index (χ4n) is 2.32. The van der Waals surface area contributed by atoms with Crippen molar-refractivity contribution in [1.82, 2.24) is 14.8 Å². The first kappa shape index (κ1) is 20.6. The molecule has 29 heavy (non-hydrogen) atoms. The zero-order chi connectivity index (χ0) is 21.4. The molecule has 0 unspecified atom stereocenters. The van der Waals surface area contributed by atoms with Gasteiger partial charge < -0.3 is 5.32 Å². The van der Waals surface area contributed by atoms with Crippen LogP contribution in [-0.4, -0.2) is 20.7 Å². The Morgan fingerprint density at radius 3 is 2.14 bits per heavy atom. The van der Waals surface area contributed by atoms with Gasteiger partial charge >= 0.3 is 12.4 Å². The number of rotatable bonds is 3. The maximum atomic E-state index is 13.1. The summed E-state index contributed by atoms with van der Waals surface area (Å²) >= 11 is 5.63. The summed E-state index contributed by atoms with van der Waals surface area (Å²) in [6.07, 6.45) is -8.86. The fraction of sp³-hybridized carbons (Fsp3) is 0.118. The van der Waals surface area contributed by atoms with Gasteiger partial charge in [-0.1, -0.05) is 11.6 Å².